The molecule has 0 atom stereocenters. The Balaban J connectivity index is 2.37. The summed E-state index contributed by atoms with van der Waals surface area (Å²) in [5, 5.41) is 3.23. The first-order valence-corrected chi connectivity index (χ1v) is 6.66. The third-order valence-electron chi connectivity index (χ3n) is 2.63. The van der Waals surface area contributed by atoms with Gasteiger partial charge >= 0.3 is 0 Å². The van der Waals surface area contributed by atoms with Crippen LogP contribution in [-0.2, 0) is 0 Å². The zero-order chi connectivity index (χ0) is 13.4. The molecule has 5 nitrogen and oxygen atoms in total. The number of aromatic nitrogens is 2. The highest BCUT2D eigenvalue weighted by Crippen LogP contribution is 2.01. The third kappa shape index (κ3) is 4.93. The molecule has 1 aromatic rings. The number of nitrogens with zero attached hydrogens (tertiary/aromatic N) is 3. The van der Waals surface area contributed by atoms with E-state index < -0.39 is 0 Å². The number of nitrogens with one attached hydrogen (secondary N) is 1. The van der Waals surface area contributed by atoms with Crippen LogP contribution in [0.3, 0.4) is 0 Å². The molecule has 0 spiro atoms. The second-order valence-electron chi connectivity index (χ2n) is 4.01. The van der Waals surface area contributed by atoms with Crippen molar-refractivity contribution in [2.24, 2.45) is 5.73 Å². The second-order valence-corrected chi connectivity index (χ2v) is 4.45. The maximum Gasteiger partial charge on any atom is 0.144 e. The number of anilines is 1. The number of thiocarbonyl (C=S) groups is 1. The van der Waals surface area contributed by atoms with E-state index in [0.29, 0.717) is 5.69 Å². The quantitative estimate of drug-likeness (QED) is 0.691. The molecule has 3 N–H and O–H groups in total. The zero-order valence-corrected chi connectivity index (χ0v) is 11.8. The SMILES string of the molecule is CCCN(CC)CCNc1cnc(C(N)=S)cn1. The minimum absolute atomic E-state index is 0.272. The third-order valence-corrected chi connectivity index (χ3v) is 2.83. The Bertz CT molecular complexity index is 365. The predicted octanol–water partition coefficient (Wildman–Crippen LogP) is 1.25. The molecule has 0 aromatic carbocycles. The van der Waals surface area contributed by atoms with E-state index in [-0.39, 0.29) is 4.99 Å². The summed E-state index contributed by atoms with van der Waals surface area (Å²) in [5.74, 6) is 0.752. The molecule has 0 aliphatic heterocycles. The van der Waals surface area contributed by atoms with Crippen molar-refractivity contribution in [1.82, 2.24) is 14.9 Å². The lowest BCUT2D eigenvalue weighted by atomic mass is 10.4. The van der Waals surface area contributed by atoms with Gasteiger partial charge in [0.1, 0.15) is 16.5 Å². The molecule has 0 radical (unpaired) electrons. The standard InChI is InChI=1S/C12H21N5S/c1-3-6-17(4-2)7-5-14-11-9-15-10(8-16-11)12(13)18/h8-9H,3-7H2,1-2H3,(H2,13,18)(H,14,16). The van der Waals surface area contributed by atoms with Crippen molar-refractivity contribution in [2.75, 3.05) is 31.5 Å². The Morgan fingerprint density at radius 3 is 2.61 bits per heavy atom. The monoisotopic (exact) mass is 267 g/mol. The molecule has 0 amide bonds. The van der Waals surface area contributed by atoms with Crippen molar-refractivity contribution in [1.29, 1.82) is 0 Å². The van der Waals surface area contributed by atoms with E-state index in [9.17, 15) is 0 Å². The van der Waals surface area contributed by atoms with Gasteiger partial charge in [0.2, 0.25) is 0 Å². The van der Waals surface area contributed by atoms with Crippen molar-refractivity contribution in [2.45, 2.75) is 20.3 Å². The van der Waals surface area contributed by atoms with Crippen LogP contribution in [0.15, 0.2) is 12.4 Å². The van der Waals surface area contributed by atoms with Crippen LogP contribution in [0.5, 0.6) is 0 Å². The summed E-state index contributed by atoms with van der Waals surface area (Å²) >= 11 is 4.82. The molecule has 1 aromatic heterocycles. The lowest BCUT2D eigenvalue weighted by molar-refractivity contribution is 0.300. The predicted molar refractivity (Wildman–Crippen MR) is 78.8 cm³/mol. The number of nitrogens with two attached hydrogens (primary N) is 1. The topological polar surface area (TPSA) is 67.1 Å². The van der Waals surface area contributed by atoms with Crippen LogP contribution in [0.25, 0.3) is 0 Å². The average molecular weight is 267 g/mol. The molecule has 1 heterocycles. The first-order valence-electron chi connectivity index (χ1n) is 6.25. The summed E-state index contributed by atoms with van der Waals surface area (Å²) in [6, 6.07) is 0. The van der Waals surface area contributed by atoms with Crippen LogP contribution in [0.4, 0.5) is 5.82 Å². The summed E-state index contributed by atoms with van der Waals surface area (Å²) in [6.45, 7) is 8.42. The highest BCUT2D eigenvalue weighted by Gasteiger charge is 2.02. The normalized spacial score (nSPS) is 10.6. The molecular weight excluding hydrogens is 246 g/mol. The van der Waals surface area contributed by atoms with Gasteiger partial charge in [0.05, 0.1) is 12.4 Å². The molecule has 0 fully saturated rings. The minimum atomic E-state index is 0.272. The van der Waals surface area contributed by atoms with Gasteiger partial charge in [-0.15, -0.1) is 0 Å². The summed E-state index contributed by atoms with van der Waals surface area (Å²) in [4.78, 5) is 11.0. The largest absolute Gasteiger partial charge is 0.388 e. The van der Waals surface area contributed by atoms with Crippen LogP contribution in [-0.4, -0.2) is 46.0 Å². The molecule has 0 bridgehead atoms. The van der Waals surface area contributed by atoms with Crippen molar-refractivity contribution < 1.29 is 0 Å². The average Bonchev–Trinajstić information content (AvgIpc) is 2.38. The van der Waals surface area contributed by atoms with Gasteiger partial charge in [-0.3, -0.25) is 0 Å². The number of rotatable bonds is 8. The lowest BCUT2D eigenvalue weighted by Gasteiger charge is -2.19. The summed E-state index contributed by atoms with van der Waals surface area (Å²) in [7, 11) is 0. The maximum atomic E-state index is 5.46. The summed E-state index contributed by atoms with van der Waals surface area (Å²) in [6.07, 6.45) is 4.43. The van der Waals surface area contributed by atoms with Gasteiger partial charge in [-0.1, -0.05) is 26.1 Å². The van der Waals surface area contributed by atoms with Crippen molar-refractivity contribution in [3.05, 3.63) is 18.1 Å². The Kier molecular flexibility index (Phi) is 6.53. The Morgan fingerprint density at radius 1 is 1.33 bits per heavy atom. The molecule has 6 heteroatoms. The Morgan fingerprint density at radius 2 is 2.11 bits per heavy atom. The van der Waals surface area contributed by atoms with E-state index >= 15 is 0 Å². The molecule has 100 valence electrons. The number of likely N-dealkylation sites (N-methyl/N-ethyl adjacent to an activating group) is 1. The van der Waals surface area contributed by atoms with Crippen LogP contribution < -0.4 is 11.1 Å². The second kappa shape index (κ2) is 7.94. The summed E-state index contributed by atoms with van der Waals surface area (Å²) in [5.41, 5.74) is 6.01. The van der Waals surface area contributed by atoms with E-state index in [4.69, 9.17) is 18.0 Å². The first kappa shape index (κ1) is 14.8. The van der Waals surface area contributed by atoms with Gasteiger partial charge in [-0.25, -0.2) is 9.97 Å². The smallest absolute Gasteiger partial charge is 0.144 e. The van der Waals surface area contributed by atoms with Crippen LogP contribution in [0.2, 0.25) is 0 Å². The van der Waals surface area contributed by atoms with E-state index in [1.54, 1.807) is 12.4 Å². The number of hydrogen-bond donors (Lipinski definition) is 2. The molecule has 0 saturated carbocycles. The molecule has 0 aliphatic rings. The van der Waals surface area contributed by atoms with Gasteiger partial charge in [0.15, 0.2) is 0 Å². The molecule has 1 rings (SSSR count). The Labute approximate surface area is 114 Å². The molecule has 0 aliphatic carbocycles. The fourth-order valence-electron chi connectivity index (χ4n) is 1.63. The van der Waals surface area contributed by atoms with Gasteiger partial charge in [0.25, 0.3) is 0 Å². The van der Waals surface area contributed by atoms with Gasteiger partial charge in [0, 0.05) is 13.1 Å². The highest BCUT2D eigenvalue weighted by molar-refractivity contribution is 7.80. The van der Waals surface area contributed by atoms with E-state index in [1.807, 2.05) is 0 Å². The fraction of sp³-hybridized carbons (Fsp3) is 0.583. The van der Waals surface area contributed by atoms with Crippen LogP contribution >= 0.6 is 12.2 Å². The Hall–Kier alpha value is -1.27. The van der Waals surface area contributed by atoms with E-state index in [0.717, 1.165) is 32.0 Å². The molecular formula is C12H21N5S. The molecule has 0 unspecified atom stereocenters. The van der Waals surface area contributed by atoms with Crippen LogP contribution in [0.1, 0.15) is 26.0 Å². The van der Waals surface area contributed by atoms with E-state index in [1.165, 1.54) is 6.42 Å². The van der Waals surface area contributed by atoms with Crippen molar-refractivity contribution in [3.8, 4) is 0 Å². The van der Waals surface area contributed by atoms with Crippen LogP contribution in [0, 0.1) is 0 Å². The van der Waals surface area contributed by atoms with E-state index in [2.05, 4.69) is 34.0 Å². The van der Waals surface area contributed by atoms with Gasteiger partial charge in [-0.05, 0) is 19.5 Å². The number of hydrogen-bond acceptors (Lipinski definition) is 5. The van der Waals surface area contributed by atoms with Crippen molar-refractivity contribution in [3.63, 3.8) is 0 Å². The lowest BCUT2D eigenvalue weighted by Crippen LogP contribution is -2.29. The zero-order valence-electron chi connectivity index (χ0n) is 11.0. The van der Waals surface area contributed by atoms with Gasteiger partial charge in [-0.2, -0.15) is 0 Å². The van der Waals surface area contributed by atoms with Crippen molar-refractivity contribution >= 4 is 23.0 Å². The minimum Gasteiger partial charge on any atom is -0.388 e. The molecule has 18 heavy (non-hydrogen) atoms. The molecule has 0 saturated heterocycles. The first-order chi connectivity index (χ1) is 8.67. The van der Waals surface area contributed by atoms with Gasteiger partial charge < -0.3 is 16.0 Å². The highest BCUT2D eigenvalue weighted by atomic mass is 32.1. The summed E-state index contributed by atoms with van der Waals surface area (Å²) < 4.78 is 0. The maximum absolute atomic E-state index is 5.46. The fourth-order valence-corrected chi connectivity index (χ4v) is 1.74.